The van der Waals surface area contributed by atoms with Crippen molar-refractivity contribution in [2.75, 3.05) is 18.4 Å². The highest BCUT2D eigenvalue weighted by Gasteiger charge is 2.28. The Kier molecular flexibility index (Phi) is 7.23. The first-order chi connectivity index (χ1) is 13.7. The molecule has 1 fully saturated rings. The maximum atomic E-state index is 13.4. The van der Waals surface area contributed by atoms with E-state index in [2.05, 4.69) is 10.5 Å². The van der Waals surface area contributed by atoms with Gasteiger partial charge in [0.05, 0.1) is 12.5 Å². The highest BCUT2D eigenvalue weighted by molar-refractivity contribution is 5.94. The van der Waals surface area contributed by atoms with Gasteiger partial charge in [-0.05, 0) is 30.7 Å². The van der Waals surface area contributed by atoms with Crippen LogP contribution in [0.4, 0.5) is 5.82 Å². The number of amides is 2. The lowest BCUT2D eigenvalue weighted by atomic mass is 9.88. The van der Waals surface area contributed by atoms with E-state index < -0.39 is 0 Å². The van der Waals surface area contributed by atoms with Crippen LogP contribution >= 0.6 is 0 Å². The Morgan fingerprint density at radius 1 is 1.18 bits per heavy atom. The van der Waals surface area contributed by atoms with Crippen molar-refractivity contribution in [1.82, 2.24) is 10.1 Å². The molecule has 28 heavy (non-hydrogen) atoms. The van der Waals surface area contributed by atoms with E-state index in [-0.39, 0.29) is 24.3 Å². The molecule has 0 saturated heterocycles. The second-order valence-electron chi connectivity index (χ2n) is 7.53. The summed E-state index contributed by atoms with van der Waals surface area (Å²) in [6, 6.07) is 11.4. The first kappa shape index (κ1) is 20.1. The molecule has 0 aliphatic heterocycles. The number of hydrogen-bond acceptors (Lipinski definition) is 4. The van der Waals surface area contributed by atoms with E-state index in [0.29, 0.717) is 24.7 Å². The number of aromatic nitrogens is 1. The minimum absolute atomic E-state index is 0.0228. The van der Waals surface area contributed by atoms with Crippen LogP contribution in [0.3, 0.4) is 0 Å². The van der Waals surface area contributed by atoms with E-state index in [0.717, 1.165) is 18.4 Å². The van der Waals surface area contributed by atoms with Crippen LogP contribution in [0.15, 0.2) is 47.2 Å². The molecule has 1 aromatic heterocycles. The predicted molar refractivity (Wildman–Crippen MR) is 108 cm³/mol. The summed E-state index contributed by atoms with van der Waals surface area (Å²) in [6.45, 7) is 2.68. The smallest absolute Gasteiger partial charge is 0.245 e. The first-order valence-electron chi connectivity index (χ1n) is 10.2. The second kappa shape index (κ2) is 10.1. The van der Waals surface area contributed by atoms with Gasteiger partial charge in [0, 0.05) is 12.6 Å². The molecule has 3 rings (SSSR count). The van der Waals surface area contributed by atoms with Gasteiger partial charge in [-0.25, -0.2) is 0 Å². The minimum Gasteiger partial charge on any atom is -0.363 e. The van der Waals surface area contributed by atoms with Gasteiger partial charge in [0.15, 0.2) is 5.82 Å². The fraction of sp³-hybridized carbons (Fsp3) is 0.500. The lowest BCUT2D eigenvalue weighted by Crippen LogP contribution is -2.43. The molecule has 150 valence electrons. The van der Waals surface area contributed by atoms with Gasteiger partial charge in [0.1, 0.15) is 6.26 Å². The molecule has 1 saturated carbocycles. The van der Waals surface area contributed by atoms with Gasteiger partial charge in [-0.2, -0.15) is 0 Å². The molecule has 0 radical (unpaired) electrons. The van der Waals surface area contributed by atoms with Gasteiger partial charge in [-0.15, -0.1) is 0 Å². The molecule has 1 N–H and O–H groups in total. The SMILES string of the molecule is CC[C@@H](C(=O)N(CC(=O)Nc1ccon1)CC1CCCCC1)c1ccccc1. The Balaban J connectivity index is 1.73. The van der Waals surface area contributed by atoms with E-state index in [1.165, 1.54) is 25.5 Å². The van der Waals surface area contributed by atoms with Crippen molar-refractivity contribution in [3.63, 3.8) is 0 Å². The molecule has 2 amide bonds. The highest BCUT2D eigenvalue weighted by Crippen LogP contribution is 2.27. The van der Waals surface area contributed by atoms with Crippen molar-refractivity contribution < 1.29 is 14.1 Å². The van der Waals surface area contributed by atoms with Crippen LogP contribution in [0.5, 0.6) is 0 Å². The molecule has 2 aromatic rings. The number of nitrogens with zero attached hydrogens (tertiary/aromatic N) is 2. The molecular weight excluding hydrogens is 354 g/mol. The molecule has 1 atom stereocenters. The van der Waals surface area contributed by atoms with Gasteiger partial charge in [0.25, 0.3) is 0 Å². The van der Waals surface area contributed by atoms with Gasteiger partial charge in [0.2, 0.25) is 11.8 Å². The first-order valence-corrected chi connectivity index (χ1v) is 10.2. The van der Waals surface area contributed by atoms with Crippen molar-refractivity contribution in [2.45, 2.75) is 51.4 Å². The van der Waals surface area contributed by atoms with Crippen LogP contribution in [0.25, 0.3) is 0 Å². The summed E-state index contributed by atoms with van der Waals surface area (Å²) in [5.74, 6) is 0.371. The Hall–Kier alpha value is -2.63. The maximum Gasteiger partial charge on any atom is 0.245 e. The van der Waals surface area contributed by atoms with Crippen molar-refractivity contribution in [3.05, 3.63) is 48.2 Å². The molecule has 6 nitrogen and oxygen atoms in total. The number of benzene rings is 1. The molecular formula is C22H29N3O3. The molecule has 1 aliphatic rings. The number of anilines is 1. The predicted octanol–water partition coefficient (Wildman–Crippen LogP) is 4.22. The van der Waals surface area contributed by atoms with Crippen molar-refractivity contribution in [1.29, 1.82) is 0 Å². The lowest BCUT2D eigenvalue weighted by Gasteiger charge is -2.32. The Bertz CT molecular complexity index is 740. The van der Waals surface area contributed by atoms with Crippen LogP contribution in [-0.4, -0.2) is 35.0 Å². The summed E-state index contributed by atoms with van der Waals surface area (Å²) in [4.78, 5) is 27.7. The van der Waals surface area contributed by atoms with Crippen LogP contribution in [0.2, 0.25) is 0 Å². The normalized spacial score (nSPS) is 15.8. The number of carbonyl (C=O) groups excluding carboxylic acids is 2. The molecule has 0 unspecified atom stereocenters. The van der Waals surface area contributed by atoms with Crippen LogP contribution < -0.4 is 5.32 Å². The van der Waals surface area contributed by atoms with Gasteiger partial charge in [-0.3, -0.25) is 9.59 Å². The molecule has 0 bridgehead atoms. The van der Waals surface area contributed by atoms with Crippen molar-refractivity contribution in [3.8, 4) is 0 Å². The van der Waals surface area contributed by atoms with E-state index in [1.54, 1.807) is 11.0 Å². The average molecular weight is 383 g/mol. The highest BCUT2D eigenvalue weighted by atomic mass is 16.5. The summed E-state index contributed by atoms with van der Waals surface area (Å²) in [6.07, 6.45) is 8.02. The zero-order valence-corrected chi connectivity index (χ0v) is 16.5. The standard InChI is InChI=1S/C22H29N3O3/c1-2-19(18-11-7-4-8-12-18)22(27)25(15-17-9-5-3-6-10-17)16-21(26)23-20-13-14-28-24-20/h4,7-8,11-14,17,19H,2-3,5-6,9-10,15-16H2,1H3,(H,23,24,26)/t19-/m1/s1. The molecule has 1 aliphatic carbocycles. The van der Waals surface area contributed by atoms with Crippen LogP contribution in [0, 0.1) is 5.92 Å². The third-order valence-electron chi connectivity index (χ3n) is 5.46. The summed E-state index contributed by atoms with van der Waals surface area (Å²) >= 11 is 0. The Labute approximate surface area is 166 Å². The lowest BCUT2D eigenvalue weighted by molar-refractivity contribution is -0.137. The van der Waals surface area contributed by atoms with E-state index in [9.17, 15) is 9.59 Å². The second-order valence-corrected chi connectivity index (χ2v) is 7.53. The number of rotatable bonds is 8. The topological polar surface area (TPSA) is 75.4 Å². The van der Waals surface area contributed by atoms with Gasteiger partial charge < -0.3 is 14.7 Å². The van der Waals surface area contributed by atoms with Gasteiger partial charge >= 0.3 is 0 Å². The largest absolute Gasteiger partial charge is 0.363 e. The van der Waals surface area contributed by atoms with Gasteiger partial charge in [-0.1, -0.05) is 61.7 Å². The summed E-state index contributed by atoms with van der Waals surface area (Å²) in [5.41, 5.74) is 1.00. The zero-order valence-electron chi connectivity index (χ0n) is 16.5. The van der Waals surface area contributed by atoms with Crippen molar-refractivity contribution >= 4 is 17.6 Å². The van der Waals surface area contributed by atoms with Crippen molar-refractivity contribution in [2.24, 2.45) is 5.92 Å². The summed E-state index contributed by atoms with van der Waals surface area (Å²) in [5, 5.41) is 6.42. The average Bonchev–Trinajstić information content (AvgIpc) is 3.22. The van der Waals surface area contributed by atoms with Crippen LogP contribution in [0.1, 0.15) is 56.9 Å². The monoisotopic (exact) mass is 383 g/mol. The fourth-order valence-electron chi connectivity index (χ4n) is 4.01. The Morgan fingerprint density at radius 3 is 2.57 bits per heavy atom. The zero-order chi connectivity index (χ0) is 19.8. The Morgan fingerprint density at radius 2 is 1.93 bits per heavy atom. The minimum atomic E-state index is -0.249. The fourth-order valence-corrected chi connectivity index (χ4v) is 4.01. The molecule has 1 aromatic carbocycles. The van der Waals surface area contributed by atoms with E-state index >= 15 is 0 Å². The third-order valence-corrected chi connectivity index (χ3v) is 5.46. The number of carbonyl (C=O) groups is 2. The molecule has 0 spiro atoms. The quantitative estimate of drug-likeness (QED) is 0.741. The number of hydrogen-bond donors (Lipinski definition) is 1. The molecule has 1 heterocycles. The maximum absolute atomic E-state index is 13.4. The molecule has 6 heteroatoms. The van der Waals surface area contributed by atoms with E-state index in [1.807, 2.05) is 37.3 Å². The summed E-state index contributed by atoms with van der Waals surface area (Å²) < 4.78 is 4.76. The van der Waals surface area contributed by atoms with Crippen LogP contribution in [-0.2, 0) is 9.59 Å². The van der Waals surface area contributed by atoms with E-state index in [4.69, 9.17) is 4.52 Å². The third kappa shape index (κ3) is 5.44. The summed E-state index contributed by atoms with van der Waals surface area (Å²) in [7, 11) is 0. The number of nitrogens with one attached hydrogen (secondary N) is 1.